The highest BCUT2D eigenvalue weighted by Gasteiger charge is 2.38. The zero-order valence-corrected chi connectivity index (χ0v) is 19.7. The van der Waals surface area contributed by atoms with Crippen molar-refractivity contribution in [2.75, 3.05) is 45.9 Å². The molecule has 0 spiro atoms. The van der Waals surface area contributed by atoms with Gasteiger partial charge in [-0.2, -0.15) is 13.2 Å². The van der Waals surface area contributed by atoms with E-state index < -0.39 is 23.7 Å². The van der Waals surface area contributed by atoms with E-state index in [4.69, 9.17) is 4.74 Å². The first-order valence-electron chi connectivity index (χ1n) is 11.5. The monoisotopic (exact) mass is 495 g/mol. The predicted molar refractivity (Wildman–Crippen MR) is 123 cm³/mol. The van der Waals surface area contributed by atoms with Crippen molar-refractivity contribution in [2.24, 2.45) is 0 Å². The lowest BCUT2D eigenvalue weighted by Gasteiger charge is -2.42. The van der Waals surface area contributed by atoms with Gasteiger partial charge < -0.3 is 14.5 Å². The van der Waals surface area contributed by atoms with E-state index in [-0.39, 0.29) is 30.4 Å². The molecule has 1 fully saturated rings. The molecule has 190 valence electrons. The summed E-state index contributed by atoms with van der Waals surface area (Å²) in [5.74, 6) is -0.708. The number of piperazine rings is 1. The van der Waals surface area contributed by atoms with Crippen LogP contribution in [0.15, 0.2) is 48.5 Å². The third-order valence-corrected chi connectivity index (χ3v) is 6.01. The Labute approximate surface area is 202 Å². The van der Waals surface area contributed by atoms with Gasteiger partial charge >= 0.3 is 6.18 Å². The molecule has 10 heteroatoms. The van der Waals surface area contributed by atoms with Crippen LogP contribution in [-0.2, 0) is 11.0 Å². The van der Waals surface area contributed by atoms with Gasteiger partial charge in [-0.3, -0.25) is 14.5 Å². The minimum Gasteiger partial charge on any atom is -0.492 e. The van der Waals surface area contributed by atoms with Gasteiger partial charge in [-0.1, -0.05) is 6.07 Å². The molecule has 1 unspecified atom stereocenters. The molecule has 6 nitrogen and oxygen atoms in total. The predicted octanol–water partition coefficient (Wildman–Crippen LogP) is 3.92. The molecule has 1 atom stereocenters. The van der Waals surface area contributed by atoms with Crippen molar-refractivity contribution in [1.29, 1.82) is 0 Å². The van der Waals surface area contributed by atoms with E-state index in [1.807, 2.05) is 18.7 Å². The van der Waals surface area contributed by atoms with Crippen molar-refractivity contribution in [3.8, 4) is 5.75 Å². The van der Waals surface area contributed by atoms with E-state index in [0.29, 0.717) is 38.5 Å². The van der Waals surface area contributed by atoms with Gasteiger partial charge in [0.2, 0.25) is 5.91 Å². The molecule has 0 bridgehead atoms. The fourth-order valence-electron chi connectivity index (χ4n) is 4.06. The van der Waals surface area contributed by atoms with Crippen LogP contribution >= 0.6 is 0 Å². The number of amides is 2. The summed E-state index contributed by atoms with van der Waals surface area (Å²) >= 11 is 0. The van der Waals surface area contributed by atoms with Crippen LogP contribution in [0.1, 0.15) is 29.8 Å². The Hall–Kier alpha value is -3.14. The molecule has 1 heterocycles. The maximum Gasteiger partial charge on any atom is 0.416 e. The molecular formula is C25H29F4N3O3. The zero-order valence-electron chi connectivity index (χ0n) is 19.7. The minimum absolute atomic E-state index is 0.106. The summed E-state index contributed by atoms with van der Waals surface area (Å²) in [6.07, 6.45) is -4.57. The van der Waals surface area contributed by atoms with Crippen molar-refractivity contribution < 1.29 is 31.9 Å². The molecule has 1 aliphatic rings. The van der Waals surface area contributed by atoms with E-state index in [0.717, 1.165) is 12.1 Å². The van der Waals surface area contributed by atoms with Crippen LogP contribution in [0.5, 0.6) is 5.75 Å². The summed E-state index contributed by atoms with van der Waals surface area (Å²) in [6, 6.07) is 9.06. The van der Waals surface area contributed by atoms with Crippen molar-refractivity contribution in [3.63, 3.8) is 0 Å². The SMILES string of the molecule is CCN(CC)C(=O)C1CN(CCOc2ccc(F)cc2)CCN1C(=O)c1cccc(C(F)(F)F)c1. The first-order valence-corrected chi connectivity index (χ1v) is 11.5. The first kappa shape index (κ1) is 26.5. The summed E-state index contributed by atoms with van der Waals surface area (Å²) < 4.78 is 58.2. The highest BCUT2D eigenvalue weighted by molar-refractivity contribution is 5.98. The van der Waals surface area contributed by atoms with Crippen LogP contribution in [0.4, 0.5) is 17.6 Å². The molecule has 1 aliphatic heterocycles. The minimum atomic E-state index is -4.57. The van der Waals surface area contributed by atoms with E-state index in [1.54, 1.807) is 4.90 Å². The number of ether oxygens (including phenoxy) is 1. The number of rotatable bonds is 8. The summed E-state index contributed by atoms with van der Waals surface area (Å²) in [6.45, 7) is 6.16. The second-order valence-electron chi connectivity index (χ2n) is 8.21. The van der Waals surface area contributed by atoms with Gasteiger partial charge in [0.05, 0.1) is 5.56 Å². The molecule has 0 N–H and O–H groups in total. The van der Waals surface area contributed by atoms with Crippen molar-refractivity contribution in [1.82, 2.24) is 14.7 Å². The van der Waals surface area contributed by atoms with Crippen LogP contribution < -0.4 is 4.74 Å². The average Bonchev–Trinajstić information content (AvgIpc) is 2.85. The Bertz CT molecular complexity index is 1010. The normalized spacial score (nSPS) is 16.7. The molecular weight excluding hydrogens is 466 g/mol. The summed E-state index contributed by atoms with van der Waals surface area (Å²) in [4.78, 5) is 31.5. The van der Waals surface area contributed by atoms with E-state index in [9.17, 15) is 27.2 Å². The number of carbonyl (C=O) groups is 2. The van der Waals surface area contributed by atoms with Gasteiger partial charge in [0.25, 0.3) is 5.91 Å². The fraction of sp³-hybridized carbons (Fsp3) is 0.440. The van der Waals surface area contributed by atoms with Gasteiger partial charge in [-0.25, -0.2) is 4.39 Å². The van der Waals surface area contributed by atoms with Crippen molar-refractivity contribution in [2.45, 2.75) is 26.1 Å². The maximum atomic E-state index is 13.3. The molecule has 35 heavy (non-hydrogen) atoms. The smallest absolute Gasteiger partial charge is 0.416 e. The Morgan fingerprint density at radius 1 is 1.06 bits per heavy atom. The lowest BCUT2D eigenvalue weighted by atomic mass is 10.1. The summed E-state index contributed by atoms with van der Waals surface area (Å²) in [7, 11) is 0. The highest BCUT2D eigenvalue weighted by atomic mass is 19.4. The molecule has 1 saturated heterocycles. The summed E-state index contributed by atoms with van der Waals surface area (Å²) in [5.41, 5.74) is -1.02. The second kappa shape index (κ2) is 11.5. The van der Waals surface area contributed by atoms with Crippen molar-refractivity contribution >= 4 is 11.8 Å². The number of likely N-dealkylation sites (N-methyl/N-ethyl adjacent to an activating group) is 1. The quantitative estimate of drug-likeness (QED) is 0.521. The molecule has 3 rings (SSSR count). The van der Waals surface area contributed by atoms with Crippen LogP contribution in [-0.4, -0.2) is 78.4 Å². The first-order chi connectivity index (χ1) is 16.6. The van der Waals surface area contributed by atoms with Gasteiger partial charge in [-0.05, 0) is 56.3 Å². The largest absolute Gasteiger partial charge is 0.492 e. The third-order valence-electron chi connectivity index (χ3n) is 6.01. The van der Waals surface area contributed by atoms with Crippen molar-refractivity contribution in [3.05, 3.63) is 65.5 Å². The number of alkyl halides is 3. The van der Waals surface area contributed by atoms with E-state index >= 15 is 0 Å². The molecule has 0 radical (unpaired) electrons. The van der Waals surface area contributed by atoms with Crippen LogP contribution in [0, 0.1) is 5.82 Å². The topological polar surface area (TPSA) is 53.1 Å². The molecule has 2 amide bonds. The number of benzene rings is 2. The van der Waals surface area contributed by atoms with Crippen LogP contribution in [0.25, 0.3) is 0 Å². The lowest BCUT2D eigenvalue weighted by molar-refractivity contribution is -0.138. The standard InChI is InChI=1S/C25H29F4N3O3/c1-3-31(4-2)24(34)22-17-30(14-15-35-21-10-8-20(26)9-11-21)12-13-32(22)23(33)18-6-5-7-19(16-18)25(27,28)29/h5-11,16,22H,3-4,12-15,17H2,1-2H3. The lowest BCUT2D eigenvalue weighted by Crippen LogP contribution is -2.61. The highest BCUT2D eigenvalue weighted by Crippen LogP contribution is 2.30. The molecule has 0 aromatic heterocycles. The Kier molecular flexibility index (Phi) is 8.71. The van der Waals surface area contributed by atoms with Gasteiger partial charge in [-0.15, -0.1) is 0 Å². The molecule has 2 aromatic carbocycles. The average molecular weight is 496 g/mol. The van der Waals surface area contributed by atoms with Gasteiger partial charge in [0, 0.05) is 44.8 Å². The number of nitrogens with zero attached hydrogens (tertiary/aromatic N) is 3. The Morgan fingerprint density at radius 2 is 1.74 bits per heavy atom. The number of halogens is 4. The maximum absolute atomic E-state index is 13.3. The van der Waals surface area contributed by atoms with E-state index in [2.05, 4.69) is 0 Å². The Morgan fingerprint density at radius 3 is 2.37 bits per heavy atom. The van der Waals surface area contributed by atoms with Crippen LogP contribution in [0.3, 0.4) is 0 Å². The zero-order chi connectivity index (χ0) is 25.6. The molecule has 0 aliphatic carbocycles. The fourth-order valence-corrected chi connectivity index (χ4v) is 4.06. The second-order valence-corrected chi connectivity index (χ2v) is 8.21. The molecule has 0 saturated carbocycles. The number of hydrogen-bond acceptors (Lipinski definition) is 4. The van der Waals surface area contributed by atoms with Gasteiger partial charge in [0.1, 0.15) is 24.2 Å². The Balaban J connectivity index is 1.74. The summed E-state index contributed by atoms with van der Waals surface area (Å²) in [5, 5.41) is 0. The van der Waals surface area contributed by atoms with E-state index in [1.165, 1.54) is 41.3 Å². The third kappa shape index (κ3) is 6.72. The van der Waals surface area contributed by atoms with Gasteiger partial charge in [0.15, 0.2) is 0 Å². The number of hydrogen-bond donors (Lipinski definition) is 0. The number of carbonyl (C=O) groups excluding carboxylic acids is 2. The molecule has 2 aromatic rings. The van der Waals surface area contributed by atoms with Crippen LogP contribution in [0.2, 0.25) is 0 Å².